The van der Waals surface area contributed by atoms with Gasteiger partial charge in [-0.05, 0) is 19.1 Å². The zero-order valence-electron chi connectivity index (χ0n) is 7.29. The Kier molecular flexibility index (Phi) is 1.59. The molecule has 0 radical (unpaired) electrons. The van der Waals surface area contributed by atoms with Gasteiger partial charge in [0.25, 0.3) is 5.91 Å². The third-order valence-corrected chi connectivity index (χ3v) is 2.12. The van der Waals surface area contributed by atoms with Crippen molar-refractivity contribution in [1.82, 2.24) is 0 Å². The maximum atomic E-state index is 11.4. The molecule has 1 aromatic rings. The number of fused-ring (bicyclic) bond motifs is 1. The van der Waals surface area contributed by atoms with E-state index in [0.29, 0.717) is 5.69 Å². The summed E-state index contributed by atoms with van der Waals surface area (Å²) in [5.41, 5.74) is 8.71. The fourth-order valence-corrected chi connectivity index (χ4v) is 1.50. The van der Waals surface area contributed by atoms with Crippen molar-refractivity contribution in [2.75, 3.05) is 11.1 Å². The minimum atomic E-state index is -0.0527. The Hall–Kier alpha value is -1.77. The average Bonchev–Trinajstić information content (AvgIpc) is 2.39. The molecule has 0 saturated carbocycles. The van der Waals surface area contributed by atoms with Crippen LogP contribution < -0.4 is 11.1 Å². The Morgan fingerprint density at radius 1 is 1.46 bits per heavy atom. The number of carbonyl (C=O) groups is 1. The van der Waals surface area contributed by atoms with Gasteiger partial charge in [-0.2, -0.15) is 0 Å². The number of carbonyl (C=O) groups excluding carboxylic acids is 1. The zero-order chi connectivity index (χ0) is 9.42. The molecule has 3 heteroatoms. The van der Waals surface area contributed by atoms with Gasteiger partial charge in [0.05, 0.1) is 5.69 Å². The molecule has 3 nitrogen and oxygen atoms in total. The number of rotatable bonds is 0. The highest BCUT2D eigenvalue weighted by molar-refractivity contribution is 6.31. The minimum Gasteiger partial charge on any atom is -0.399 e. The van der Waals surface area contributed by atoms with Crippen LogP contribution in [0.15, 0.2) is 24.3 Å². The molecule has 3 N–H and O–H groups in total. The van der Waals surface area contributed by atoms with Crippen molar-refractivity contribution in [3.8, 4) is 0 Å². The van der Waals surface area contributed by atoms with Crippen LogP contribution in [0.1, 0.15) is 12.5 Å². The number of hydrogen-bond acceptors (Lipinski definition) is 2. The Morgan fingerprint density at radius 2 is 2.23 bits per heavy atom. The van der Waals surface area contributed by atoms with E-state index in [0.717, 1.165) is 16.8 Å². The van der Waals surface area contributed by atoms with E-state index in [1.807, 2.05) is 13.0 Å². The fourth-order valence-electron chi connectivity index (χ4n) is 1.50. The van der Waals surface area contributed by atoms with Crippen molar-refractivity contribution < 1.29 is 4.79 Å². The quantitative estimate of drug-likeness (QED) is 0.464. The third-order valence-electron chi connectivity index (χ3n) is 2.12. The first-order chi connectivity index (χ1) is 6.22. The lowest BCUT2D eigenvalue weighted by Crippen LogP contribution is -2.03. The number of nitrogen functional groups attached to an aromatic ring is 1. The van der Waals surface area contributed by atoms with Crippen molar-refractivity contribution in [3.05, 3.63) is 29.8 Å². The summed E-state index contributed by atoms with van der Waals surface area (Å²) in [5.74, 6) is -0.0527. The monoisotopic (exact) mass is 174 g/mol. The predicted octanol–water partition coefficient (Wildman–Crippen LogP) is 1.62. The number of nitrogens with two attached hydrogens (primary N) is 1. The number of nitrogens with one attached hydrogen (secondary N) is 1. The number of anilines is 2. The van der Waals surface area contributed by atoms with Crippen LogP contribution in [0, 0.1) is 0 Å². The molecule has 2 rings (SSSR count). The van der Waals surface area contributed by atoms with Gasteiger partial charge in [0.1, 0.15) is 0 Å². The standard InChI is InChI=1S/C10H10N2O/c1-2-7-8-4-3-6(11)5-9(8)12-10(7)13/h2-5H,11H2,1H3,(H,12,13)/b7-2+. The SMILES string of the molecule is C/C=C1/C(=O)Nc2cc(N)ccc21. The minimum absolute atomic E-state index is 0.0527. The van der Waals surface area contributed by atoms with E-state index in [1.165, 1.54) is 0 Å². The topological polar surface area (TPSA) is 55.1 Å². The van der Waals surface area contributed by atoms with Crippen LogP contribution in [0.3, 0.4) is 0 Å². The van der Waals surface area contributed by atoms with Gasteiger partial charge in [-0.3, -0.25) is 4.79 Å². The molecule has 0 bridgehead atoms. The summed E-state index contributed by atoms with van der Waals surface area (Å²) in [7, 11) is 0. The van der Waals surface area contributed by atoms with Crippen LogP contribution in [0.25, 0.3) is 5.57 Å². The van der Waals surface area contributed by atoms with Gasteiger partial charge in [-0.15, -0.1) is 0 Å². The molecule has 1 aliphatic heterocycles. The summed E-state index contributed by atoms with van der Waals surface area (Å²) in [6, 6.07) is 5.42. The molecule has 1 heterocycles. The Balaban J connectivity index is 2.61. The van der Waals surface area contributed by atoms with Gasteiger partial charge in [-0.25, -0.2) is 0 Å². The molecule has 0 spiro atoms. The molecule has 0 atom stereocenters. The highest BCUT2D eigenvalue weighted by atomic mass is 16.1. The van der Waals surface area contributed by atoms with Gasteiger partial charge in [0.15, 0.2) is 0 Å². The van der Waals surface area contributed by atoms with Crippen molar-refractivity contribution in [1.29, 1.82) is 0 Å². The summed E-state index contributed by atoms with van der Waals surface area (Å²) in [6.45, 7) is 1.85. The summed E-state index contributed by atoms with van der Waals surface area (Å²) >= 11 is 0. The highest BCUT2D eigenvalue weighted by Crippen LogP contribution is 2.32. The predicted molar refractivity (Wildman–Crippen MR) is 53.1 cm³/mol. The van der Waals surface area contributed by atoms with E-state index in [4.69, 9.17) is 5.73 Å². The lowest BCUT2D eigenvalue weighted by molar-refractivity contribution is -0.110. The second-order valence-corrected chi connectivity index (χ2v) is 2.96. The molecule has 66 valence electrons. The van der Waals surface area contributed by atoms with Gasteiger partial charge < -0.3 is 11.1 Å². The number of hydrogen-bond donors (Lipinski definition) is 2. The molecule has 13 heavy (non-hydrogen) atoms. The highest BCUT2D eigenvalue weighted by Gasteiger charge is 2.22. The van der Waals surface area contributed by atoms with Crippen LogP contribution in [0.2, 0.25) is 0 Å². The van der Waals surface area contributed by atoms with Gasteiger partial charge in [0.2, 0.25) is 0 Å². The van der Waals surface area contributed by atoms with E-state index < -0.39 is 0 Å². The van der Waals surface area contributed by atoms with Crippen molar-refractivity contribution in [2.24, 2.45) is 0 Å². The van der Waals surface area contributed by atoms with E-state index >= 15 is 0 Å². The fraction of sp³-hybridized carbons (Fsp3) is 0.100. The number of benzene rings is 1. The third kappa shape index (κ3) is 1.09. The maximum absolute atomic E-state index is 11.4. The molecule has 0 unspecified atom stereocenters. The summed E-state index contributed by atoms with van der Waals surface area (Å²) < 4.78 is 0. The number of allylic oxidation sites excluding steroid dienone is 1. The number of amides is 1. The normalized spacial score (nSPS) is 17.3. The van der Waals surface area contributed by atoms with Crippen LogP contribution in [0.5, 0.6) is 0 Å². The average molecular weight is 174 g/mol. The summed E-state index contributed by atoms with van der Waals surface area (Å²) in [6.07, 6.45) is 1.80. The zero-order valence-corrected chi connectivity index (χ0v) is 7.29. The molecule has 0 aliphatic carbocycles. The first kappa shape index (κ1) is 7.86. The van der Waals surface area contributed by atoms with E-state index in [2.05, 4.69) is 5.32 Å². The van der Waals surface area contributed by atoms with Crippen LogP contribution >= 0.6 is 0 Å². The van der Waals surface area contributed by atoms with Crippen molar-refractivity contribution >= 4 is 22.9 Å². The molecule has 0 aromatic heterocycles. The van der Waals surface area contributed by atoms with Gasteiger partial charge >= 0.3 is 0 Å². The molecular formula is C10H10N2O. The van der Waals surface area contributed by atoms with E-state index in [-0.39, 0.29) is 5.91 Å². The molecule has 0 fully saturated rings. The second kappa shape index (κ2) is 2.62. The van der Waals surface area contributed by atoms with Crippen molar-refractivity contribution in [3.63, 3.8) is 0 Å². The maximum Gasteiger partial charge on any atom is 0.256 e. The Labute approximate surface area is 76.2 Å². The molecule has 0 saturated heterocycles. The van der Waals surface area contributed by atoms with Crippen molar-refractivity contribution in [2.45, 2.75) is 6.92 Å². The first-order valence-corrected chi connectivity index (χ1v) is 4.10. The van der Waals surface area contributed by atoms with Crippen LogP contribution in [-0.4, -0.2) is 5.91 Å². The van der Waals surface area contributed by atoms with E-state index in [1.54, 1.807) is 18.2 Å². The summed E-state index contributed by atoms with van der Waals surface area (Å²) in [5, 5.41) is 2.75. The summed E-state index contributed by atoms with van der Waals surface area (Å²) in [4.78, 5) is 11.4. The second-order valence-electron chi connectivity index (χ2n) is 2.96. The van der Waals surface area contributed by atoms with E-state index in [9.17, 15) is 4.79 Å². The molecular weight excluding hydrogens is 164 g/mol. The molecule has 1 amide bonds. The Bertz CT molecular complexity index is 407. The van der Waals surface area contributed by atoms with Crippen LogP contribution in [-0.2, 0) is 4.79 Å². The lowest BCUT2D eigenvalue weighted by atomic mass is 10.1. The van der Waals surface area contributed by atoms with Gasteiger partial charge in [0, 0.05) is 16.8 Å². The largest absolute Gasteiger partial charge is 0.399 e. The smallest absolute Gasteiger partial charge is 0.256 e. The van der Waals surface area contributed by atoms with Gasteiger partial charge in [-0.1, -0.05) is 12.1 Å². The first-order valence-electron chi connectivity index (χ1n) is 4.10. The molecule has 1 aromatic carbocycles. The Morgan fingerprint density at radius 3 is 2.92 bits per heavy atom. The lowest BCUT2D eigenvalue weighted by Gasteiger charge is -1.98. The molecule has 1 aliphatic rings. The van der Waals surface area contributed by atoms with Crippen LogP contribution in [0.4, 0.5) is 11.4 Å².